The van der Waals surface area contributed by atoms with E-state index in [4.69, 9.17) is 31.5 Å². The number of cyclic esters (lactones) is 1. The summed E-state index contributed by atoms with van der Waals surface area (Å²) in [6.07, 6.45) is 1.91. The van der Waals surface area contributed by atoms with Gasteiger partial charge in [0.15, 0.2) is 5.96 Å². The van der Waals surface area contributed by atoms with Crippen molar-refractivity contribution in [2.24, 2.45) is 17.4 Å². The molecule has 1 aromatic rings. The minimum Gasteiger partial charge on any atom is -0.480 e. The van der Waals surface area contributed by atoms with Gasteiger partial charge in [-0.25, -0.2) is 4.79 Å². The van der Waals surface area contributed by atoms with Crippen LogP contribution in [0.25, 0.3) is 0 Å². The van der Waals surface area contributed by atoms with Crippen molar-refractivity contribution in [3.05, 3.63) is 29.8 Å². The molecule has 0 spiro atoms. The number of likely N-dealkylation sites (tertiary alicyclic amines) is 1. The molecule has 2 aliphatic heterocycles. The van der Waals surface area contributed by atoms with Crippen LogP contribution in [0.1, 0.15) is 31.7 Å². The quantitative estimate of drug-likeness (QED) is 0.352. The lowest BCUT2D eigenvalue weighted by molar-refractivity contribution is -0.138. The number of piperidine rings is 1. The van der Waals surface area contributed by atoms with Crippen LogP contribution in [0.2, 0.25) is 0 Å². The van der Waals surface area contributed by atoms with E-state index in [1.807, 2.05) is 11.8 Å². The van der Waals surface area contributed by atoms with Gasteiger partial charge in [-0.05, 0) is 56.2 Å². The molecule has 10 heteroatoms. The third-order valence-corrected chi connectivity index (χ3v) is 6.02. The van der Waals surface area contributed by atoms with Gasteiger partial charge in [-0.15, -0.1) is 0 Å². The van der Waals surface area contributed by atoms with Crippen LogP contribution >= 0.6 is 0 Å². The zero-order valence-corrected chi connectivity index (χ0v) is 17.7. The minimum atomic E-state index is -1.04. The fourth-order valence-corrected chi connectivity index (χ4v) is 3.96. The van der Waals surface area contributed by atoms with Crippen LogP contribution in [-0.2, 0) is 16.0 Å². The Morgan fingerprint density at radius 2 is 1.97 bits per heavy atom. The largest absolute Gasteiger partial charge is 0.480 e. The average molecular weight is 434 g/mol. The van der Waals surface area contributed by atoms with Crippen LogP contribution in [0.5, 0.6) is 5.75 Å². The van der Waals surface area contributed by atoms with Crippen molar-refractivity contribution < 1.29 is 24.2 Å². The molecule has 3 unspecified atom stereocenters. The van der Waals surface area contributed by atoms with Gasteiger partial charge in [0.25, 0.3) is 6.29 Å². The lowest BCUT2D eigenvalue weighted by Gasteiger charge is -2.33. The number of benzene rings is 1. The van der Waals surface area contributed by atoms with Crippen LogP contribution in [-0.4, -0.2) is 70.9 Å². The average Bonchev–Trinajstić information content (AvgIpc) is 3.00. The maximum Gasteiger partial charge on any atom is 0.413 e. The van der Waals surface area contributed by atoms with Gasteiger partial charge in [0.05, 0.1) is 0 Å². The van der Waals surface area contributed by atoms with E-state index in [0.29, 0.717) is 18.2 Å². The fourth-order valence-electron chi connectivity index (χ4n) is 3.96. The first-order valence-electron chi connectivity index (χ1n) is 10.5. The number of ether oxygens (including phenoxy) is 2. The number of carbonyl (C=O) groups is 2. The zero-order valence-electron chi connectivity index (χ0n) is 17.7. The van der Waals surface area contributed by atoms with Crippen molar-refractivity contribution >= 4 is 18.0 Å². The normalized spacial score (nSPS) is 22.8. The highest BCUT2D eigenvalue weighted by molar-refractivity contribution is 5.74. The number of nitrogens with two attached hydrogens (primary N) is 2. The van der Waals surface area contributed by atoms with Crippen molar-refractivity contribution in [1.29, 1.82) is 5.41 Å². The van der Waals surface area contributed by atoms with Gasteiger partial charge in [0, 0.05) is 19.6 Å². The number of hydrogen-bond donors (Lipinski definition) is 4. The molecule has 6 N–H and O–H groups in total. The van der Waals surface area contributed by atoms with Crippen LogP contribution < -0.4 is 16.2 Å². The molecule has 1 amide bonds. The number of guanidine groups is 1. The van der Waals surface area contributed by atoms with E-state index >= 15 is 0 Å². The molecule has 0 bridgehead atoms. The van der Waals surface area contributed by atoms with Crippen LogP contribution in [0, 0.1) is 11.3 Å². The van der Waals surface area contributed by atoms with Crippen molar-refractivity contribution in [3.8, 4) is 5.75 Å². The summed E-state index contributed by atoms with van der Waals surface area (Å²) < 4.78 is 11.3. The summed E-state index contributed by atoms with van der Waals surface area (Å²) in [6.45, 7) is 4.04. The Kier molecular flexibility index (Phi) is 7.21. The molecule has 2 heterocycles. The maximum absolute atomic E-state index is 12.3. The van der Waals surface area contributed by atoms with Crippen LogP contribution in [0.4, 0.5) is 4.79 Å². The number of rotatable bonds is 8. The van der Waals surface area contributed by atoms with E-state index < -0.39 is 18.3 Å². The number of aliphatic carboxylic acids is 1. The molecule has 2 aliphatic rings. The Morgan fingerprint density at radius 3 is 2.55 bits per heavy atom. The second kappa shape index (κ2) is 9.86. The summed E-state index contributed by atoms with van der Waals surface area (Å²) in [5.41, 5.74) is 11.9. The smallest absolute Gasteiger partial charge is 0.413 e. The highest BCUT2D eigenvalue weighted by atomic mass is 16.7. The highest BCUT2D eigenvalue weighted by Gasteiger charge is 2.40. The fraction of sp³-hybridized carbons (Fsp3) is 0.571. The number of amides is 1. The molecule has 2 saturated heterocycles. The van der Waals surface area contributed by atoms with Gasteiger partial charge in [0.1, 0.15) is 17.8 Å². The molecule has 170 valence electrons. The SMILES string of the molecule is CC1C(Oc2ccc(CC(N)C(=O)O)cc2)OC(=O)N1CCC1CCN(C(=N)N)CC1. The number of carbonyl (C=O) groups excluding carboxylic acids is 1. The molecular weight excluding hydrogens is 402 g/mol. The van der Waals surface area contributed by atoms with Gasteiger partial charge < -0.3 is 30.9 Å². The molecule has 0 aromatic heterocycles. The predicted molar refractivity (Wildman–Crippen MR) is 114 cm³/mol. The summed E-state index contributed by atoms with van der Waals surface area (Å²) in [5.74, 6) is 0.0977. The first-order chi connectivity index (χ1) is 14.7. The third kappa shape index (κ3) is 5.78. The van der Waals surface area contributed by atoms with Crippen molar-refractivity contribution in [1.82, 2.24) is 9.80 Å². The lowest BCUT2D eigenvalue weighted by atomic mass is 9.93. The predicted octanol–water partition coefficient (Wildman–Crippen LogP) is 1.18. The Hall–Kier alpha value is -3.01. The van der Waals surface area contributed by atoms with Crippen molar-refractivity contribution in [3.63, 3.8) is 0 Å². The molecule has 3 atom stereocenters. The number of nitrogens with zero attached hydrogens (tertiary/aromatic N) is 2. The van der Waals surface area contributed by atoms with Gasteiger partial charge in [-0.2, -0.15) is 0 Å². The first-order valence-corrected chi connectivity index (χ1v) is 10.5. The number of nitrogens with one attached hydrogen (secondary N) is 1. The monoisotopic (exact) mass is 433 g/mol. The number of hydrogen-bond acceptors (Lipinski definition) is 6. The van der Waals surface area contributed by atoms with E-state index in [-0.39, 0.29) is 24.5 Å². The molecule has 10 nitrogen and oxygen atoms in total. The van der Waals surface area contributed by atoms with Crippen LogP contribution in [0.15, 0.2) is 24.3 Å². The van der Waals surface area contributed by atoms with Crippen molar-refractivity contribution in [2.75, 3.05) is 19.6 Å². The Balaban J connectivity index is 1.48. The van der Waals surface area contributed by atoms with Crippen LogP contribution in [0.3, 0.4) is 0 Å². The Morgan fingerprint density at radius 1 is 1.32 bits per heavy atom. The second-order valence-corrected chi connectivity index (χ2v) is 8.20. The summed E-state index contributed by atoms with van der Waals surface area (Å²) >= 11 is 0. The van der Waals surface area contributed by atoms with Gasteiger partial charge >= 0.3 is 12.1 Å². The molecule has 0 aliphatic carbocycles. The summed E-state index contributed by atoms with van der Waals surface area (Å²) in [5, 5.41) is 16.4. The number of carboxylic acid groups (broad SMARTS) is 1. The Labute approximate surface area is 181 Å². The second-order valence-electron chi connectivity index (χ2n) is 8.20. The summed E-state index contributed by atoms with van der Waals surface area (Å²) in [7, 11) is 0. The molecule has 1 aromatic carbocycles. The topological polar surface area (TPSA) is 155 Å². The lowest BCUT2D eigenvalue weighted by Crippen LogP contribution is -2.43. The highest BCUT2D eigenvalue weighted by Crippen LogP contribution is 2.26. The molecule has 0 saturated carbocycles. The van der Waals surface area contributed by atoms with E-state index in [9.17, 15) is 9.59 Å². The first kappa shape index (κ1) is 22.7. The van der Waals surface area contributed by atoms with Gasteiger partial charge in [-0.1, -0.05) is 12.1 Å². The van der Waals surface area contributed by atoms with E-state index in [1.54, 1.807) is 29.2 Å². The molecular formula is C21H31N5O5. The standard InChI is InChI=1S/C21H31N5O5/c1-13-19(30-16-4-2-15(3-5-16)12-17(22)18(27)28)31-21(29)26(13)11-8-14-6-9-25(10-7-14)20(23)24/h2-5,13-14,17,19H,6-12,22H2,1H3,(H3,23,24)(H,27,28). The summed E-state index contributed by atoms with van der Waals surface area (Å²) in [4.78, 5) is 26.8. The van der Waals surface area contributed by atoms with E-state index in [2.05, 4.69) is 0 Å². The van der Waals surface area contributed by atoms with E-state index in [1.165, 1.54) is 0 Å². The maximum atomic E-state index is 12.3. The third-order valence-electron chi connectivity index (χ3n) is 6.02. The van der Waals surface area contributed by atoms with E-state index in [0.717, 1.165) is 37.9 Å². The molecule has 31 heavy (non-hydrogen) atoms. The van der Waals surface area contributed by atoms with Gasteiger partial charge in [-0.3, -0.25) is 15.1 Å². The molecule has 3 rings (SSSR count). The van der Waals surface area contributed by atoms with Crippen molar-refractivity contribution in [2.45, 2.75) is 51.0 Å². The Bertz CT molecular complexity index is 794. The summed E-state index contributed by atoms with van der Waals surface area (Å²) in [6, 6.07) is 5.76. The zero-order chi connectivity index (χ0) is 22.5. The van der Waals surface area contributed by atoms with Gasteiger partial charge in [0.2, 0.25) is 0 Å². The minimum absolute atomic E-state index is 0.118. The number of carboxylic acids is 1. The molecule has 2 fully saturated rings. The molecule has 0 radical (unpaired) electrons.